The van der Waals surface area contributed by atoms with Crippen molar-refractivity contribution in [3.63, 3.8) is 0 Å². The van der Waals surface area contributed by atoms with E-state index in [1.807, 2.05) is 52.7 Å². The first-order chi connectivity index (χ1) is 4.41. The van der Waals surface area contributed by atoms with Gasteiger partial charge in [0.05, 0.1) is 0 Å². The zero-order valence-electron chi connectivity index (χ0n) is 5.78. The summed E-state index contributed by atoms with van der Waals surface area (Å²) < 4.78 is 0. The Kier molecular flexibility index (Phi) is 26.6. The Morgan fingerprint density at radius 2 is 0.909 bits per heavy atom. The number of hydrogen-bond acceptors (Lipinski definition) is 1. The molecule has 4 heteroatoms. The normalized spacial score (nSPS) is 5.64. The first-order valence-corrected chi connectivity index (χ1v) is 3.24. The van der Waals surface area contributed by atoms with E-state index in [1.165, 1.54) is 0 Å². The van der Waals surface area contributed by atoms with Gasteiger partial charge in [-0.2, -0.15) is 0 Å². The second-order valence-corrected chi connectivity index (χ2v) is 1.56. The van der Waals surface area contributed by atoms with Crippen LogP contribution in [0.4, 0.5) is 0 Å². The molecule has 0 heterocycles. The van der Waals surface area contributed by atoms with Gasteiger partial charge < -0.3 is 34.0 Å². The average molecular weight is 294 g/mol. The maximum absolute atomic E-state index is 8.77. The number of benzene rings is 1. The van der Waals surface area contributed by atoms with E-state index in [1.54, 1.807) is 0 Å². The molecular weight excluding hydrogens is 287 g/mol. The van der Waals surface area contributed by atoms with Crippen LogP contribution in [0.25, 0.3) is 0 Å². The van der Waals surface area contributed by atoms with Crippen molar-refractivity contribution in [1.29, 1.82) is 0 Å². The van der Waals surface area contributed by atoms with Gasteiger partial charge in [-0.25, -0.2) is 0 Å². The van der Waals surface area contributed by atoms with E-state index in [0.717, 1.165) is 0 Å². The molecule has 0 bridgehead atoms. The largest absolute Gasteiger partial charge is 1.00 e. The summed E-state index contributed by atoms with van der Waals surface area (Å²) in [5.74, 6) is 0. The molecule has 0 saturated carbocycles. The van der Waals surface area contributed by atoms with E-state index >= 15 is 0 Å². The molecule has 0 amide bonds. The first kappa shape index (κ1) is 17.5. The molecule has 0 spiro atoms. The minimum Gasteiger partial charge on any atom is -1.00 e. The molecule has 0 aliphatic heterocycles. The summed E-state index contributed by atoms with van der Waals surface area (Å²) >= 11 is 1.90. The molecule has 1 rings (SSSR count). The fourth-order valence-electron chi connectivity index (χ4n) is 0.385. The predicted molar refractivity (Wildman–Crippen MR) is 38.9 cm³/mol. The smallest absolute Gasteiger partial charge is 0.0623 e. The van der Waals surface area contributed by atoms with E-state index in [4.69, 9.17) is 4.79 Å². The number of carbonyl (C=O) groups is 1. The van der Waals surface area contributed by atoms with E-state index in [-0.39, 0.29) is 34.0 Å². The van der Waals surface area contributed by atoms with Crippen molar-refractivity contribution >= 4 is 21.4 Å². The quantitative estimate of drug-likeness (QED) is 0.346. The molecule has 0 aliphatic rings. The summed E-state index contributed by atoms with van der Waals surface area (Å²) in [5, 5.41) is 0.667. The molecule has 0 unspecified atom stereocenters. The van der Waals surface area contributed by atoms with Crippen molar-refractivity contribution in [3.8, 4) is 0 Å². The third-order valence-electron chi connectivity index (χ3n) is 0.667. The molecule has 0 saturated heterocycles. The van der Waals surface area contributed by atoms with Crippen molar-refractivity contribution < 1.29 is 38.8 Å². The van der Waals surface area contributed by atoms with Crippen LogP contribution in [0.3, 0.4) is 0 Å². The van der Waals surface area contributed by atoms with Crippen LogP contribution in [-0.2, 0) is 4.79 Å². The summed E-state index contributed by atoms with van der Waals surface area (Å²) in [4.78, 5) is 8.77. The second kappa shape index (κ2) is 16.8. The van der Waals surface area contributed by atoms with Gasteiger partial charge in [-0.1, -0.05) is 36.4 Å². The third kappa shape index (κ3) is 17.9. The van der Waals surface area contributed by atoms with Crippen LogP contribution in [0.5, 0.6) is 0 Å². The molecule has 1 nitrogen and oxygen atoms in total. The molecular formula is C7H7AlBr2O. The molecule has 0 atom stereocenters. The summed E-state index contributed by atoms with van der Waals surface area (Å²) in [5.41, 5.74) is 0. The maximum atomic E-state index is 8.77. The topological polar surface area (TPSA) is 17.1 Å². The molecule has 0 fully saturated rings. The van der Waals surface area contributed by atoms with Crippen molar-refractivity contribution in [1.82, 2.24) is 0 Å². The van der Waals surface area contributed by atoms with Crippen LogP contribution >= 0.6 is 0 Å². The predicted octanol–water partition coefficient (Wildman–Crippen LogP) is -4.96. The third-order valence-corrected chi connectivity index (χ3v) is 0.667. The molecule has 1 aromatic rings. The van der Waals surface area contributed by atoms with Gasteiger partial charge in [0.1, 0.15) is 0 Å². The molecule has 11 heavy (non-hydrogen) atoms. The van der Waals surface area contributed by atoms with Gasteiger partial charge >= 0.3 is 26.2 Å². The van der Waals surface area contributed by atoms with E-state index < -0.39 is 0 Å². The Balaban J connectivity index is -0.000000116. The van der Waals surface area contributed by atoms with Gasteiger partial charge in [0.2, 0.25) is 0 Å². The number of rotatable bonds is 0. The summed E-state index contributed by atoms with van der Waals surface area (Å²) in [6, 6.07) is 12.0. The molecule has 1 aromatic carbocycles. The molecule has 58 valence electrons. The maximum Gasteiger partial charge on any atom is -0.0623 e. The Morgan fingerprint density at radius 1 is 0.818 bits per heavy atom. The van der Waals surface area contributed by atoms with Crippen LogP contribution in [0.15, 0.2) is 36.4 Å². The number of halogens is 2. The van der Waals surface area contributed by atoms with Crippen molar-refractivity contribution in [2.24, 2.45) is 0 Å². The minimum absolute atomic E-state index is 0. The van der Waals surface area contributed by atoms with Crippen molar-refractivity contribution in [2.45, 2.75) is 0 Å². The number of hydrogen-bond donors (Lipinski definition) is 0. The van der Waals surface area contributed by atoms with Crippen LogP contribution in [0, 0.1) is 0 Å². The van der Waals surface area contributed by atoms with Gasteiger partial charge in [-0.15, -0.1) is 0 Å². The van der Waals surface area contributed by atoms with Gasteiger partial charge in [0.15, 0.2) is 0 Å². The van der Waals surface area contributed by atoms with Crippen LogP contribution in [0.2, 0.25) is 0 Å². The Labute approximate surface area is 96.2 Å². The second-order valence-electron chi connectivity index (χ2n) is 1.29. The first-order valence-electron chi connectivity index (χ1n) is 2.57. The summed E-state index contributed by atoms with van der Waals surface area (Å²) in [7, 11) is 0. The van der Waals surface area contributed by atoms with Gasteiger partial charge in [0.25, 0.3) is 0 Å². The Morgan fingerprint density at radius 3 is 1.00 bits per heavy atom. The van der Waals surface area contributed by atoms with E-state index in [2.05, 4.69) is 0 Å². The number of carbonyl (C=O) groups excluding carboxylic acids is 1. The van der Waals surface area contributed by atoms with Gasteiger partial charge in [-0.05, 0) is 0 Å². The standard InChI is InChI=1S/C6H6.CHO.Al.2BrH/c1-2-4-6-5-3-1;1-2;;;/h1-6H;1H;;2*1H/q;;+2;;/p-2. The summed E-state index contributed by atoms with van der Waals surface area (Å²) in [6.45, 7) is 0. The fourth-order valence-corrected chi connectivity index (χ4v) is 0.385. The zero-order valence-corrected chi connectivity index (χ0v) is 10.1. The Bertz CT molecular complexity index is 120. The average Bonchev–Trinajstić information content (AvgIpc) is 1.93. The van der Waals surface area contributed by atoms with Gasteiger partial charge in [0, 0.05) is 0 Å². The van der Waals surface area contributed by atoms with Crippen LogP contribution in [0.1, 0.15) is 0 Å². The van der Waals surface area contributed by atoms with Gasteiger partial charge in [-0.3, -0.25) is 0 Å². The van der Waals surface area contributed by atoms with E-state index in [9.17, 15) is 0 Å². The SMILES string of the molecule is O=[CH][Al+2].[Br-].[Br-].c1ccccc1. The minimum atomic E-state index is 0. The van der Waals surface area contributed by atoms with Crippen molar-refractivity contribution in [3.05, 3.63) is 36.4 Å². The monoisotopic (exact) mass is 292 g/mol. The molecule has 0 radical (unpaired) electrons. The van der Waals surface area contributed by atoms with Crippen LogP contribution in [-0.4, -0.2) is 21.4 Å². The van der Waals surface area contributed by atoms with E-state index in [0.29, 0.717) is 5.15 Å². The molecule has 0 N–H and O–H groups in total. The Hall–Kier alpha value is 0.382. The van der Waals surface area contributed by atoms with Crippen molar-refractivity contribution in [2.75, 3.05) is 0 Å². The zero-order chi connectivity index (χ0) is 6.95. The molecule has 0 aromatic heterocycles. The fraction of sp³-hybridized carbons (Fsp3) is 0. The van der Waals surface area contributed by atoms with Crippen LogP contribution < -0.4 is 34.0 Å². The summed E-state index contributed by atoms with van der Waals surface area (Å²) in [6.07, 6.45) is 0. The molecule has 0 aliphatic carbocycles.